The van der Waals surface area contributed by atoms with Crippen LogP contribution in [0.15, 0.2) is 58.0 Å². The minimum Gasteiger partial charge on any atom is -0.468 e. The maximum Gasteiger partial charge on any atom is 0.121 e. The van der Waals surface area contributed by atoms with Crippen LogP contribution in [0.2, 0.25) is 0 Å². The highest BCUT2D eigenvalue weighted by molar-refractivity contribution is 7.99. The number of hydrogen-bond acceptors (Lipinski definition) is 3. The highest BCUT2D eigenvalue weighted by atomic mass is 32.2. The monoisotopic (exact) mass is 247 g/mol. The zero-order valence-electron chi connectivity index (χ0n) is 9.93. The molecule has 0 saturated carbocycles. The maximum absolute atomic E-state index is 5.46. The van der Waals surface area contributed by atoms with Crippen molar-refractivity contribution in [1.82, 2.24) is 5.32 Å². The largest absolute Gasteiger partial charge is 0.468 e. The van der Waals surface area contributed by atoms with Crippen LogP contribution in [-0.2, 0) is 0 Å². The third kappa shape index (κ3) is 3.65. The first-order chi connectivity index (χ1) is 8.40. The second-order valence-electron chi connectivity index (χ2n) is 3.75. The van der Waals surface area contributed by atoms with Gasteiger partial charge in [0.25, 0.3) is 0 Å². The van der Waals surface area contributed by atoms with Gasteiger partial charge in [-0.15, -0.1) is 11.8 Å². The minimum atomic E-state index is 0.278. The first-order valence-corrected chi connectivity index (χ1v) is 6.83. The quantitative estimate of drug-likeness (QED) is 0.788. The van der Waals surface area contributed by atoms with Crippen molar-refractivity contribution in [2.45, 2.75) is 17.9 Å². The Morgan fingerprint density at radius 2 is 2.00 bits per heavy atom. The second kappa shape index (κ2) is 6.52. The SMILES string of the molecule is CCNC(CSc1ccccc1)c1ccco1. The van der Waals surface area contributed by atoms with Crippen molar-refractivity contribution in [3.05, 3.63) is 54.5 Å². The molecule has 0 aliphatic rings. The van der Waals surface area contributed by atoms with Crippen molar-refractivity contribution in [2.24, 2.45) is 0 Å². The van der Waals surface area contributed by atoms with Gasteiger partial charge in [0.2, 0.25) is 0 Å². The first-order valence-electron chi connectivity index (χ1n) is 5.84. The molecule has 1 aromatic carbocycles. The summed E-state index contributed by atoms with van der Waals surface area (Å²) in [6, 6.07) is 14.7. The van der Waals surface area contributed by atoms with Crippen molar-refractivity contribution in [2.75, 3.05) is 12.3 Å². The normalized spacial score (nSPS) is 12.5. The van der Waals surface area contributed by atoms with Gasteiger partial charge in [0.05, 0.1) is 12.3 Å². The van der Waals surface area contributed by atoms with E-state index in [1.165, 1.54) is 4.90 Å². The molecule has 0 spiro atoms. The van der Waals surface area contributed by atoms with E-state index in [-0.39, 0.29) is 6.04 Å². The van der Waals surface area contributed by atoms with Crippen LogP contribution in [0.3, 0.4) is 0 Å². The lowest BCUT2D eigenvalue weighted by atomic mass is 10.2. The van der Waals surface area contributed by atoms with Gasteiger partial charge in [-0.3, -0.25) is 0 Å². The molecule has 1 heterocycles. The van der Waals surface area contributed by atoms with Gasteiger partial charge in [0.15, 0.2) is 0 Å². The highest BCUT2D eigenvalue weighted by Gasteiger charge is 2.13. The summed E-state index contributed by atoms with van der Waals surface area (Å²) in [5.74, 6) is 1.99. The lowest BCUT2D eigenvalue weighted by Gasteiger charge is -2.14. The molecule has 0 radical (unpaired) electrons. The average molecular weight is 247 g/mol. The van der Waals surface area contributed by atoms with E-state index in [9.17, 15) is 0 Å². The molecule has 2 rings (SSSR count). The topological polar surface area (TPSA) is 25.2 Å². The molecule has 1 aromatic heterocycles. The van der Waals surface area contributed by atoms with Crippen LogP contribution >= 0.6 is 11.8 Å². The summed E-state index contributed by atoms with van der Waals surface area (Å²) >= 11 is 1.84. The lowest BCUT2D eigenvalue weighted by Crippen LogP contribution is -2.22. The lowest BCUT2D eigenvalue weighted by molar-refractivity contribution is 0.441. The second-order valence-corrected chi connectivity index (χ2v) is 4.84. The molecular formula is C14H17NOS. The number of rotatable bonds is 6. The Hall–Kier alpha value is -1.19. The summed E-state index contributed by atoms with van der Waals surface area (Å²) < 4.78 is 5.46. The van der Waals surface area contributed by atoms with Crippen LogP contribution < -0.4 is 5.32 Å². The molecule has 2 aromatic rings. The zero-order valence-corrected chi connectivity index (χ0v) is 10.7. The minimum absolute atomic E-state index is 0.278. The Morgan fingerprint density at radius 1 is 1.18 bits per heavy atom. The van der Waals surface area contributed by atoms with E-state index in [4.69, 9.17) is 4.42 Å². The molecule has 1 atom stereocenters. The number of thioether (sulfide) groups is 1. The Labute approximate surface area is 106 Å². The predicted molar refractivity (Wildman–Crippen MR) is 72.3 cm³/mol. The van der Waals surface area contributed by atoms with E-state index < -0.39 is 0 Å². The fraction of sp³-hybridized carbons (Fsp3) is 0.286. The number of nitrogens with one attached hydrogen (secondary N) is 1. The summed E-state index contributed by atoms with van der Waals surface area (Å²) in [4.78, 5) is 1.29. The van der Waals surface area contributed by atoms with E-state index in [2.05, 4.69) is 36.5 Å². The smallest absolute Gasteiger partial charge is 0.121 e. The Kier molecular flexibility index (Phi) is 4.71. The summed E-state index contributed by atoms with van der Waals surface area (Å²) in [5.41, 5.74) is 0. The van der Waals surface area contributed by atoms with Gasteiger partial charge in [-0.2, -0.15) is 0 Å². The Balaban J connectivity index is 1.95. The fourth-order valence-corrected chi connectivity index (χ4v) is 2.66. The number of hydrogen-bond donors (Lipinski definition) is 1. The molecule has 1 unspecified atom stereocenters. The molecule has 0 bridgehead atoms. The maximum atomic E-state index is 5.46. The number of benzene rings is 1. The van der Waals surface area contributed by atoms with E-state index in [1.807, 2.05) is 30.0 Å². The summed E-state index contributed by atoms with van der Waals surface area (Å²) in [5, 5.41) is 3.44. The molecule has 0 saturated heterocycles. The van der Waals surface area contributed by atoms with E-state index in [0.29, 0.717) is 0 Å². The van der Waals surface area contributed by atoms with Gasteiger partial charge in [-0.1, -0.05) is 25.1 Å². The van der Waals surface area contributed by atoms with Crippen LogP contribution in [-0.4, -0.2) is 12.3 Å². The van der Waals surface area contributed by atoms with Gasteiger partial charge in [0.1, 0.15) is 5.76 Å². The first kappa shape index (κ1) is 12.3. The van der Waals surface area contributed by atoms with Gasteiger partial charge in [-0.25, -0.2) is 0 Å². The van der Waals surface area contributed by atoms with E-state index in [0.717, 1.165) is 18.1 Å². The standard InChI is InChI=1S/C14H17NOS/c1-2-15-13(14-9-6-10-16-14)11-17-12-7-4-3-5-8-12/h3-10,13,15H,2,11H2,1H3. The molecular weight excluding hydrogens is 230 g/mol. The fourth-order valence-electron chi connectivity index (χ4n) is 1.67. The Bertz CT molecular complexity index is 413. The molecule has 1 N–H and O–H groups in total. The highest BCUT2D eigenvalue weighted by Crippen LogP contribution is 2.24. The van der Waals surface area contributed by atoms with Gasteiger partial charge < -0.3 is 9.73 Å². The molecule has 0 aliphatic carbocycles. The molecule has 90 valence electrons. The molecule has 0 amide bonds. The number of furan rings is 1. The van der Waals surface area contributed by atoms with Crippen molar-refractivity contribution >= 4 is 11.8 Å². The third-order valence-electron chi connectivity index (χ3n) is 2.50. The van der Waals surface area contributed by atoms with Crippen LogP contribution in [0.5, 0.6) is 0 Å². The Morgan fingerprint density at radius 3 is 2.65 bits per heavy atom. The van der Waals surface area contributed by atoms with E-state index >= 15 is 0 Å². The van der Waals surface area contributed by atoms with Crippen LogP contribution in [0.1, 0.15) is 18.7 Å². The third-order valence-corrected chi connectivity index (χ3v) is 3.60. The van der Waals surface area contributed by atoms with Crippen molar-refractivity contribution in [3.8, 4) is 0 Å². The summed E-state index contributed by atoms with van der Waals surface area (Å²) in [6.45, 7) is 3.06. The summed E-state index contributed by atoms with van der Waals surface area (Å²) in [7, 11) is 0. The predicted octanol–water partition coefficient (Wildman–Crippen LogP) is 3.72. The molecule has 0 aliphatic heterocycles. The molecule has 2 nitrogen and oxygen atoms in total. The zero-order chi connectivity index (χ0) is 11.9. The average Bonchev–Trinajstić information content (AvgIpc) is 2.89. The van der Waals surface area contributed by atoms with Crippen LogP contribution in [0.4, 0.5) is 0 Å². The van der Waals surface area contributed by atoms with Gasteiger partial charge >= 0.3 is 0 Å². The van der Waals surface area contributed by atoms with Gasteiger partial charge in [0, 0.05) is 10.6 Å². The van der Waals surface area contributed by atoms with Gasteiger partial charge in [-0.05, 0) is 30.8 Å². The molecule has 0 fully saturated rings. The van der Waals surface area contributed by atoms with Crippen LogP contribution in [0, 0.1) is 0 Å². The van der Waals surface area contributed by atoms with Crippen molar-refractivity contribution in [3.63, 3.8) is 0 Å². The van der Waals surface area contributed by atoms with E-state index in [1.54, 1.807) is 6.26 Å². The van der Waals surface area contributed by atoms with Crippen molar-refractivity contribution < 1.29 is 4.42 Å². The molecule has 17 heavy (non-hydrogen) atoms. The van der Waals surface area contributed by atoms with Crippen LogP contribution in [0.25, 0.3) is 0 Å². The molecule has 3 heteroatoms. The van der Waals surface area contributed by atoms with Crippen molar-refractivity contribution in [1.29, 1.82) is 0 Å². The summed E-state index contributed by atoms with van der Waals surface area (Å²) in [6.07, 6.45) is 1.73.